The van der Waals surface area contributed by atoms with Crippen molar-refractivity contribution in [1.82, 2.24) is 0 Å². The molecule has 2 aromatic carbocycles. The Bertz CT molecular complexity index is 519. The molecule has 0 heterocycles. The van der Waals surface area contributed by atoms with E-state index in [1.807, 2.05) is 24.3 Å². The van der Waals surface area contributed by atoms with Crippen molar-refractivity contribution in [3.05, 3.63) is 65.2 Å². The van der Waals surface area contributed by atoms with E-state index in [0.29, 0.717) is 6.61 Å². The van der Waals surface area contributed by atoms with E-state index in [1.165, 1.54) is 11.1 Å². The number of aryl methyl sites for hydroxylation is 1. The molecule has 0 saturated heterocycles. The first-order valence-electron chi connectivity index (χ1n) is 6.73. The quantitative estimate of drug-likeness (QED) is 0.877. The van der Waals surface area contributed by atoms with Gasteiger partial charge in [0.1, 0.15) is 12.4 Å². The zero-order valence-corrected chi connectivity index (χ0v) is 11.6. The van der Waals surface area contributed by atoms with E-state index in [9.17, 15) is 0 Å². The van der Waals surface area contributed by atoms with E-state index in [0.717, 1.165) is 17.7 Å². The summed E-state index contributed by atoms with van der Waals surface area (Å²) in [6.45, 7) is 4.75. The summed E-state index contributed by atoms with van der Waals surface area (Å²) in [4.78, 5) is 0. The van der Waals surface area contributed by atoms with Crippen LogP contribution in [-0.2, 0) is 6.61 Å². The van der Waals surface area contributed by atoms with Crippen LogP contribution in [0, 0.1) is 6.92 Å². The van der Waals surface area contributed by atoms with Crippen molar-refractivity contribution < 1.29 is 4.74 Å². The van der Waals surface area contributed by atoms with Crippen LogP contribution in [0.4, 0.5) is 0 Å². The highest BCUT2D eigenvalue weighted by Crippen LogP contribution is 2.26. The molecule has 0 aliphatic rings. The summed E-state index contributed by atoms with van der Waals surface area (Å²) >= 11 is 0. The summed E-state index contributed by atoms with van der Waals surface area (Å²) in [7, 11) is 0. The minimum Gasteiger partial charge on any atom is -0.489 e. The fourth-order valence-electron chi connectivity index (χ4n) is 1.98. The number of ether oxygens (including phenoxy) is 1. The predicted octanol–water partition coefficient (Wildman–Crippen LogP) is 3.98. The SMILES string of the molecule is CC[C@H](N)c1ccccc1OCc1ccc(C)cc1. The molecular formula is C17H21NO. The zero-order chi connectivity index (χ0) is 13.7. The summed E-state index contributed by atoms with van der Waals surface area (Å²) < 4.78 is 5.91. The Labute approximate surface area is 115 Å². The third-order valence-corrected chi connectivity index (χ3v) is 3.27. The van der Waals surface area contributed by atoms with Crippen LogP contribution >= 0.6 is 0 Å². The molecule has 100 valence electrons. The lowest BCUT2D eigenvalue weighted by Gasteiger charge is -2.15. The highest BCUT2D eigenvalue weighted by atomic mass is 16.5. The van der Waals surface area contributed by atoms with Crippen LogP contribution in [0.5, 0.6) is 5.75 Å². The summed E-state index contributed by atoms with van der Waals surface area (Å²) in [6, 6.07) is 16.4. The van der Waals surface area contributed by atoms with Gasteiger partial charge in [-0.2, -0.15) is 0 Å². The average molecular weight is 255 g/mol. The van der Waals surface area contributed by atoms with E-state index < -0.39 is 0 Å². The number of benzene rings is 2. The summed E-state index contributed by atoms with van der Waals surface area (Å²) in [5, 5.41) is 0. The van der Waals surface area contributed by atoms with Crippen molar-refractivity contribution in [2.24, 2.45) is 5.73 Å². The zero-order valence-electron chi connectivity index (χ0n) is 11.6. The molecule has 2 rings (SSSR count). The van der Waals surface area contributed by atoms with Gasteiger partial charge in [0.25, 0.3) is 0 Å². The molecule has 0 radical (unpaired) electrons. The molecule has 0 aliphatic heterocycles. The highest BCUT2D eigenvalue weighted by Gasteiger charge is 2.09. The Hall–Kier alpha value is -1.80. The second kappa shape index (κ2) is 6.39. The van der Waals surface area contributed by atoms with Crippen LogP contribution in [0.25, 0.3) is 0 Å². The van der Waals surface area contributed by atoms with Crippen molar-refractivity contribution >= 4 is 0 Å². The number of hydrogen-bond donors (Lipinski definition) is 1. The molecule has 2 N–H and O–H groups in total. The molecule has 0 aromatic heterocycles. The van der Waals surface area contributed by atoms with Gasteiger partial charge in [-0.25, -0.2) is 0 Å². The molecule has 2 aromatic rings. The van der Waals surface area contributed by atoms with Crippen molar-refractivity contribution in [2.45, 2.75) is 32.9 Å². The normalized spacial score (nSPS) is 12.2. The number of nitrogens with two attached hydrogens (primary N) is 1. The second-order valence-corrected chi connectivity index (χ2v) is 4.83. The van der Waals surface area contributed by atoms with Crippen molar-refractivity contribution in [2.75, 3.05) is 0 Å². The highest BCUT2D eigenvalue weighted by molar-refractivity contribution is 5.36. The Balaban J connectivity index is 2.09. The first-order chi connectivity index (χ1) is 9.20. The molecule has 0 unspecified atom stereocenters. The van der Waals surface area contributed by atoms with Crippen LogP contribution in [0.2, 0.25) is 0 Å². The lowest BCUT2D eigenvalue weighted by atomic mass is 10.0. The summed E-state index contributed by atoms with van der Waals surface area (Å²) in [6.07, 6.45) is 0.908. The minimum atomic E-state index is 0.0363. The average Bonchev–Trinajstić information content (AvgIpc) is 2.46. The van der Waals surface area contributed by atoms with Crippen LogP contribution in [-0.4, -0.2) is 0 Å². The van der Waals surface area contributed by atoms with Crippen LogP contribution in [0.1, 0.15) is 36.1 Å². The topological polar surface area (TPSA) is 35.2 Å². The van der Waals surface area contributed by atoms with Crippen molar-refractivity contribution in [3.8, 4) is 5.75 Å². The van der Waals surface area contributed by atoms with E-state index in [4.69, 9.17) is 10.5 Å². The van der Waals surface area contributed by atoms with Gasteiger partial charge in [0, 0.05) is 11.6 Å². The Morgan fingerprint density at radius 1 is 1.05 bits per heavy atom. The third kappa shape index (κ3) is 3.58. The predicted molar refractivity (Wildman–Crippen MR) is 79.2 cm³/mol. The van der Waals surface area contributed by atoms with Crippen LogP contribution in [0.15, 0.2) is 48.5 Å². The summed E-state index contributed by atoms with van der Waals surface area (Å²) in [5.74, 6) is 0.887. The first-order valence-corrected chi connectivity index (χ1v) is 6.73. The molecule has 19 heavy (non-hydrogen) atoms. The van der Waals surface area contributed by atoms with Crippen LogP contribution < -0.4 is 10.5 Å². The Morgan fingerprint density at radius 2 is 1.74 bits per heavy atom. The number of rotatable bonds is 5. The van der Waals surface area contributed by atoms with Gasteiger partial charge in [0.2, 0.25) is 0 Å². The van der Waals surface area contributed by atoms with E-state index in [-0.39, 0.29) is 6.04 Å². The van der Waals surface area contributed by atoms with E-state index >= 15 is 0 Å². The van der Waals surface area contributed by atoms with Crippen LogP contribution in [0.3, 0.4) is 0 Å². The maximum atomic E-state index is 6.10. The molecular weight excluding hydrogens is 234 g/mol. The molecule has 2 nitrogen and oxygen atoms in total. The fraction of sp³-hybridized carbons (Fsp3) is 0.294. The third-order valence-electron chi connectivity index (χ3n) is 3.27. The molecule has 0 aliphatic carbocycles. The van der Waals surface area contributed by atoms with Crippen molar-refractivity contribution in [1.29, 1.82) is 0 Å². The van der Waals surface area contributed by atoms with Gasteiger partial charge in [-0.05, 0) is 25.0 Å². The van der Waals surface area contributed by atoms with Gasteiger partial charge in [-0.3, -0.25) is 0 Å². The number of hydrogen-bond acceptors (Lipinski definition) is 2. The van der Waals surface area contributed by atoms with Gasteiger partial charge in [0.15, 0.2) is 0 Å². The Kier molecular flexibility index (Phi) is 4.58. The van der Waals surface area contributed by atoms with E-state index in [1.54, 1.807) is 0 Å². The Morgan fingerprint density at radius 3 is 2.42 bits per heavy atom. The van der Waals surface area contributed by atoms with Crippen molar-refractivity contribution in [3.63, 3.8) is 0 Å². The molecule has 2 heteroatoms. The molecule has 0 amide bonds. The van der Waals surface area contributed by atoms with Gasteiger partial charge < -0.3 is 10.5 Å². The molecule has 1 atom stereocenters. The first kappa shape index (κ1) is 13.6. The van der Waals surface area contributed by atoms with Gasteiger partial charge >= 0.3 is 0 Å². The molecule has 0 spiro atoms. The molecule has 0 fully saturated rings. The summed E-state index contributed by atoms with van der Waals surface area (Å²) in [5.41, 5.74) is 9.62. The standard InChI is InChI=1S/C17H21NO/c1-3-16(18)15-6-4-5-7-17(15)19-12-14-10-8-13(2)9-11-14/h4-11,16H,3,12,18H2,1-2H3/t16-/m0/s1. The van der Waals surface area contributed by atoms with Gasteiger partial charge in [-0.15, -0.1) is 0 Å². The largest absolute Gasteiger partial charge is 0.489 e. The second-order valence-electron chi connectivity index (χ2n) is 4.83. The minimum absolute atomic E-state index is 0.0363. The molecule has 0 bridgehead atoms. The number of para-hydroxylation sites is 1. The lowest BCUT2D eigenvalue weighted by Crippen LogP contribution is -2.10. The maximum absolute atomic E-state index is 6.10. The van der Waals surface area contributed by atoms with Gasteiger partial charge in [-0.1, -0.05) is 55.0 Å². The fourth-order valence-corrected chi connectivity index (χ4v) is 1.98. The lowest BCUT2D eigenvalue weighted by molar-refractivity contribution is 0.300. The monoisotopic (exact) mass is 255 g/mol. The maximum Gasteiger partial charge on any atom is 0.124 e. The molecule has 0 saturated carbocycles. The van der Waals surface area contributed by atoms with Gasteiger partial charge in [0.05, 0.1) is 0 Å². The van der Waals surface area contributed by atoms with E-state index in [2.05, 4.69) is 38.1 Å². The smallest absolute Gasteiger partial charge is 0.124 e.